The number of nitrogens with zero attached hydrogens (tertiary/aromatic N) is 1. The summed E-state index contributed by atoms with van der Waals surface area (Å²) in [6, 6.07) is 6.30. The van der Waals surface area contributed by atoms with E-state index in [-0.39, 0.29) is 5.78 Å². The van der Waals surface area contributed by atoms with Crippen LogP contribution in [0, 0.1) is 0 Å². The number of carbonyl (C=O) groups excluding carboxylic acids is 2. The molecule has 0 bridgehead atoms. The lowest BCUT2D eigenvalue weighted by molar-refractivity contribution is -0.133. The van der Waals surface area contributed by atoms with Crippen LogP contribution in [-0.2, 0) is 9.53 Å². The number of halogens is 1. The molecule has 2 atom stereocenters. The Labute approximate surface area is 178 Å². The predicted molar refractivity (Wildman–Crippen MR) is 114 cm³/mol. The molecular formula is C22H33ClN2O4. The molecule has 2 unspecified atom stereocenters. The van der Waals surface area contributed by atoms with Crippen LogP contribution in [0.3, 0.4) is 0 Å². The molecule has 1 aromatic carbocycles. The maximum Gasteiger partial charge on any atom is 0.410 e. The van der Waals surface area contributed by atoms with Gasteiger partial charge < -0.3 is 15.2 Å². The lowest BCUT2D eigenvalue weighted by Crippen LogP contribution is -2.60. The van der Waals surface area contributed by atoms with Crippen LogP contribution < -0.4 is 5.32 Å². The highest BCUT2D eigenvalue weighted by molar-refractivity contribution is 6.30. The fourth-order valence-corrected chi connectivity index (χ4v) is 3.97. The van der Waals surface area contributed by atoms with Crippen LogP contribution in [-0.4, -0.2) is 58.8 Å². The number of amides is 1. The van der Waals surface area contributed by atoms with Crippen molar-refractivity contribution in [2.45, 2.75) is 70.6 Å². The first-order valence-corrected chi connectivity index (χ1v) is 10.6. The molecular weight excluding hydrogens is 392 g/mol. The molecule has 2 N–H and O–H groups in total. The largest absolute Gasteiger partial charge is 0.444 e. The summed E-state index contributed by atoms with van der Waals surface area (Å²) in [5.41, 5.74) is -1.24. The molecule has 0 radical (unpaired) electrons. The minimum Gasteiger partial charge on any atom is -0.444 e. The van der Waals surface area contributed by atoms with Crippen LogP contribution in [0.25, 0.3) is 0 Å². The molecule has 1 saturated heterocycles. The van der Waals surface area contributed by atoms with Gasteiger partial charge in [0.05, 0.1) is 11.5 Å². The highest BCUT2D eigenvalue weighted by Gasteiger charge is 2.45. The summed E-state index contributed by atoms with van der Waals surface area (Å²) in [5, 5.41) is 15.0. The number of nitrogens with one attached hydrogen (secondary N) is 1. The molecule has 1 aliphatic heterocycles. The Morgan fingerprint density at radius 3 is 2.52 bits per heavy atom. The van der Waals surface area contributed by atoms with Crippen molar-refractivity contribution < 1.29 is 19.4 Å². The Morgan fingerprint density at radius 2 is 1.97 bits per heavy atom. The second-order valence-electron chi connectivity index (χ2n) is 8.59. The summed E-state index contributed by atoms with van der Waals surface area (Å²) in [6.45, 7) is 10.4. The van der Waals surface area contributed by atoms with Crippen molar-refractivity contribution in [3.63, 3.8) is 0 Å². The number of Topliss-reactive ketones (excluding diaryl/α,β-unsaturated/α-hetero) is 1. The van der Waals surface area contributed by atoms with Crippen molar-refractivity contribution in [2.75, 3.05) is 19.6 Å². The summed E-state index contributed by atoms with van der Waals surface area (Å²) in [7, 11) is 0. The van der Waals surface area contributed by atoms with Crippen molar-refractivity contribution in [1.29, 1.82) is 0 Å². The van der Waals surface area contributed by atoms with Crippen molar-refractivity contribution in [3.8, 4) is 0 Å². The Kier molecular flexibility index (Phi) is 7.71. The topological polar surface area (TPSA) is 78.9 Å². The molecule has 6 nitrogen and oxygen atoms in total. The first-order chi connectivity index (χ1) is 13.5. The molecule has 0 aliphatic carbocycles. The molecule has 162 valence electrons. The van der Waals surface area contributed by atoms with E-state index in [9.17, 15) is 14.7 Å². The highest BCUT2D eigenvalue weighted by atomic mass is 35.5. The van der Waals surface area contributed by atoms with E-state index in [1.165, 1.54) is 4.90 Å². The van der Waals surface area contributed by atoms with Crippen LogP contribution in [0.5, 0.6) is 0 Å². The smallest absolute Gasteiger partial charge is 0.410 e. The number of rotatable bonds is 6. The lowest BCUT2D eigenvalue weighted by Gasteiger charge is -2.41. The third kappa shape index (κ3) is 5.71. The van der Waals surface area contributed by atoms with Crippen molar-refractivity contribution in [2.24, 2.45) is 0 Å². The molecule has 2 rings (SSSR count). The van der Waals surface area contributed by atoms with Crippen LogP contribution >= 0.6 is 11.6 Å². The second-order valence-corrected chi connectivity index (χ2v) is 9.03. The van der Waals surface area contributed by atoms with Gasteiger partial charge >= 0.3 is 6.09 Å². The number of aliphatic hydroxyl groups is 1. The number of benzene rings is 1. The van der Waals surface area contributed by atoms with E-state index in [1.807, 2.05) is 13.8 Å². The van der Waals surface area contributed by atoms with Crippen LogP contribution in [0.2, 0.25) is 5.02 Å². The SMILES string of the molecule is CCC(O)(CC)C(C(=O)C1CNCCN1C(=O)OC(C)(C)C)c1cccc(Cl)c1. The molecule has 0 spiro atoms. The average molecular weight is 425 g/mol. The van der Waals surface area contributed by atoms with Gasteiger partial charge in [-0.2, -0.15) is 0 Å². The summed E-state index contributed by atoms with van der Waals surface area (Å²) < 4.78 is 5.52. The molecule has 7 heteroatoms. The third-order valence-electron chi connectivity index (χ3n) is 5.43. The van der Waals surface area contributed by atoms with Gasteiger partial charge in [-0.15, -0.1) is 0 Å². The van der Waals surface area contributed by atoms with E-state index in [4.69, 9.17) is 16.3 Å². The van der Waals surface area contributed by atoms with Gasteiger partial charge in [0.15, 0.2) is 5.78 Å². The average Bonchev–Trinajstić information content (AvgIpc) is 2.66. The number of carbonyl (C=O) groups is 2. The van der Waals surface area contributed by atoms with Crippen LogP contribution in [0.15, 0.2) is 24.3 Å². The van der Waals surface area contributed by atoms with E-state index in [0.717, 1.165) is 0 Å². The summed E-state index contributed by atoms with van der Waals surface area (Å²) in [5.74, 6) is -1.01. The molecule has 1 aliphatic rings. The Hall–Kier alpha value is -1.63. The normalized spacial score (nSPS) is 19.0. The maximum absolute atomic E-state index is 13.8. The maximum atomic E-state index is 13.8. The first kappa shape index (κ1) is 23.6. The zero-order valence-electron chi connectivity index (χ0n) is 18.0. The Bertz CT molecular complexity index is 728. The monoisotopic (exact) mass is 424 g/mol. The number of hydrogen-bond donors (Lipinski definition) is 2. The van der Waals surface area contributed by atoms with Crippen molar-refractivity contribution in [1.82, 2.24) is 10.2 Å². The van der Waals surface area contributed by atoms with Gasteiger partial charge in [-0.05, 0) is 51.3 Å². The molecule has 1 heterocycles. The summed E-state index contributed by atoms with van der Waals surface area (Å²) in [4.78, 5) is 28.0. The fraction of sp³-hybridized carbons (Fsp3) is 0.636. The lowest BCUT2D eigenvalue weighted by atomic mass is 9.74. The minimum atomic E-state index is -1.24. The Balaban J connectivity index is 2.43. The standard InChI is InChI=1S/C22H33ClN2O4/c1-6-22(28,7-2)18(15-9-8-10-16(23)13-15)19(26)17-14-24-11-12-25(17)20(27)29-21(3,4)5/h8-10,13,17-18,24,28H,6-7,11-12,14H2,1-5H3. The van der Waals surface area contributed by atoms with Gasteiger partial charge in [0.2, 0.25) is 0 Å². The van der Waals surface area contributed by atoms with E-state index in [1.54, 1.807) is 45.0 Å². The summed E-state index contributed by atoms with van der Waals surface area (Å²) in [6.07, 6.45) is 0.289. The van der Waals surface area contributed by atoms with E-state index >= 15 is 0 Å². The van der Waals surface area contributed by atoms with Gasteiger partial charge in [0.25, 0.3) is 0 Å². The number of ether oxygens (including phenoxy) is 1. The van der Waals surface area contributed by atoms with Gasteiger partial charge in [0.1, 0.15) is 11.6 Å². The quantitative estimate of drug-likeness (QED) is 0.727. The van der Waals surface area contributed by atoms with Gasteiger partial charge in [-0.1, -0.05) is 37.6 Å². The van der Waals surface area contributed by atoms with Gasteiger partial charge in [0, 0.05) is 24.7 Å². The highest BCUT2D eigenvalue weighted by Crippen LogP contribution is 2.37. The number of ketones is 1. The molecule has 1 fully saturated rings. The number of piperazine rings is 1. The summed E-state index contributed by atoms with van der Waals surface area (Å²) >= 11 is 6.18. The van der Waals surface area contributed by atoms with Crippen molar-refractivity contribution >= 4 is 23.5 Å². The van der Waals surface area contributed by atoms with E-state index in [2.05, 4.69) is 5.32 Å². The van der Waals surface area contributed by atoms with Crippen molar-refractivity contribution in [3.05, 3.63) is 34.9 Å². The van der Waals surface area contributed by atoms with Gasteiger partial charge in [-0.25, -0.2) is 4.79 Å². The predicted octanol–water partition coefficient (Wildman–Crippen LogP) is 3.75. The zero-order chi connectivity index (χ0) is 21.8. The number of hydrogen-bond acceptors (Lipinski definition) is 5. The van der Waals surface area contributed by atoms with E-state index in [0.29, 0.717) is 43.1 Å². The molecule has 29 heavy (non-hydrogen) atoms. The molecule has 0 aromatic heterocycles. The first-order valence-electron chi connectivity index (χ1n) is 10.2. The molecule has 1 amide bonds. The van der Waals surface area contributed by atoms with Crippen LogP contribution in [0.1, 0.15) is 58.9 Å². The fourth-order valence-electron chi connectivity index (χ4n) is 3.77. The van der Waals surface area contributed by atoms with Gasteiger partial charge in [-0.3, -0.25) is 9.69 Å². The molecule has 0 saturated carbocycles. The van der Waals surface area contributed by atoms with Crippen LogP contribution in [0.4, 0.5) is 4.79 Å². The Morgan fingerprint density at radius 1 is 1.31 bits per heavy atom. The minimum absolute atomic E-state index is 0.212. The zero-order valence-corrected chi connectivity index (χ0v) is 18.8. The third-order valence-corrected chi connectivity index (χ3v) is 5.66. The molecule has 1 aromatic rings. The van der Waals surface area contributed by atoms with E-state index < -0.39 is 29.3 Å². The second kappa shape index (κ2) is 9.45.